The molecule has 7 nitrogen and oxygen atoms in total. The first-order valence-corrected chi connectivity index (χ1v) is 18.1. The number of thioether (sulfide) groups is 1. The molecule has 46 heavy (non-hydrogen) atoms. The highest BCUT2D eigenvalue weighted by atomic mass is 35.5. The number of quaternary nitrogens is 1. The van der Waals surface area contributed by atoms with E-state index < -0.39 is 5.54 Å². The Morgan fingerprint density at radius 3 is 2.26 bits per heavy atom. The molecule has 2 fully saturated rings. The monoisotopic (exact) mass is 682 g/mol. The largest absolute Gasteiger partial charge is 0.427 e. The van der Waals surface area contributed by atoms with Crippen LogP contribution in [-0.2, 0) is 10.3 Å². The number of nitrogens with zero attached hydrogens (tertiary/aromatic N) is 5. The van der Waals surface area contributed by atoms with Gasteiger partial charge in [0.15, 0.2) is 5.17 Å². The van der Waals surface area contributed by atoms with Gasteiger partial charge in [-0.05, 0) is 93.4 Å². The van der Waals surface area contributed by atoms with E-state index in [1.165, 1.54) is 11.8 Å². The predicted octanol–water partition coefficient (Wildman–Crippen LogP) is 8.30. The molecule has 0 bridgehead atoms. The second-order valence-electron chi connectivity index (χ2n) is 14.0. The summed E-state index contributed by atoms with van der Waals surface area (Å²) in [7, 11) is 4.01. The van der Waals surface area contributed by atoms with Crippen LogP contribution in [0.25, 0.3) is 0 Å². The number of aliphatic imine (C=N–C) groups is 1. The van der Waals surface area contributed by atoms with Crippen LogP contribution in [0.1, 0.15) is 77.5 Å². The third-order valence-corrected chi connectivity index (χ3v) is 12.5. The topological polar surface area (TPSA) is 56.2 Å². The molecule has 0 saturated carbocycles. The molecular formula is C36H46Cl2N5O2S+. The van der Waals surface area contributed by atoms with Crippen molar-refractivity contribution in [3.8, 4) is 0 Å². The normalized spacial score (nSPS) is 31.2. The summed E-state index contributed by atoms with van der Waals surface area (Å²) >= 11 is 14.1. The van der Waals surface area contributed by atoms with Gasteiger partial charge in [-0.3, -0.25) is 4.90 Å². The molecule has 2 aromatic carbocycles. The number of benzene rings is 2. The zero-order valence-electron chi connectivity index (χ0n) is 28.0. The molecule has 3 amide bonds. The van der Waals surface area contributed by atoms with E-state index in [0.717, 1.165) is 60.8 Å². The van der Waals surface area contributed by atoms with Gasteiger partial charge in [-0.1, -0.05) is 68.2 Å². The Morgan fingerprint density at radius 1 is 1.07 bits per heavy atom. The van der Waals surface area contributed by atoms with Gasteiger partial charge >= 0.3 is 11.9 Å². The van der Waals surface area contributed by atoms with Crippen LogP contribution in [0.15, 0.2) is 64.1 Å². The Bertz CT molecular complexity index is 1580. The van der Waals surface area contributed by atoms with Crippen molar-refractivity contribution in [3.63, 3.8) is 0 Å². The summed E-state index contributed by atoms with van der Waals surface area (Å²) in [4.78, 5) is 42.8. The highest BCUT2D eigenvalue weighted by Crippen LogP contribution is 2.57. The van der Waals surface area contributed by atoms with Gasteiger partial charge in [0.1, 0.15) is 22.5 Å². The zero-order chi connectivity index (χ0) is 33.1. The fourth-order valence-corrected chi connectivity index (χ4v) is 10.0. The van der Waals surface area contributed by atoms with Gasteiger partial charge in [0.2, 0.25) is 0 Å². The van der Waals surface area contributed by atoms with E-state index in [2.05, 4.69) is 63.6 Å². The molecule has 4 heterocycles. The molecule has 6 atom stereocenters. The number of carbonyl (C=O) groups excluding carboxylic acids is 2. The van der Waals surface area contributed by atoms with Crippen LogP contribution in [0.2, 0.25) is 10.0 Å². The van der Waals surface area contributed by atoms with E-state index >= 15 is 4.79 Å². The predicted molar refractivity (Wildman–Crippen MR) is 189 cm³/mol. The summed E-state index contributed by atoms with van der Waals surface area (Å²) in [5.41, 5.74) is 2.38. The third-order valence-electron chi connectivity index (χ3n) is 10.9. The van der Waals surface area contributed by atoms with E-state index in [1.807, 2.05) is 48.3 Å². The van der Waals surface area contributed by atoms with E-state index in [-0.39, 0.29) is 46.5 Å². The molecule has 2 saturated heterocycles. The second-order valence-corrected chi connectivity index (χ2v) is 15.9. The van der Waals surface area contributed by atoms with Gasteiger partial charge in [-0.15, -0.1) is 0 Å². The lowest BCUT2D eigenvalue weighted by Gasteiger charge is -2.42. The lowest BCUT2D eigenvalue weighted by Crippen LogP contribution is -2.67. The van der Waals surface area contributed by atoms with Gasteiger partial charge in [-0.2, -0.15) is 4.48 Å². The Morgan fingerprint density at radius 2 is 1.70 bits per heavy atom. The number of carbonyl (C=O) groups is 2. The Labute approximate surface area is 288 Å². The number of halogens is 2. The van der Waals surface area contributed by atoms with Crippen LogP contribution in [0, 0.1) is 5.92 Å². The van der Waals surface area contributed by atoms with Gasteiger partial charge in [0.05, 0.1) is 12.1 Å². The van der Waals surface area contributed by atoms with Crippen molar-refractivity contribution < 1.29 is 14.1 Å². The van der Waals surface area contributed by atoms with Crippen molar-refractivity contribution in [3.05, 3.63) is 80.3 Å². The standard InChI is InChI=1S/C36H46Cl2N5O2S/c1-8-29-18-9-23(4)43(29,35(45)41(7)28-19-20-40(6)21-28)33(44)31-30(22(2)3)42-32(24-10-14-26(37)15-11-24)36(5,39-34(42)46-31)25-12-16-27(38)17-13-25/h10-17,22-23,28-29,32H,8-9,18-21H2,1-7H3/q+1/t23?,28-,29+,32+,36-,43?/m0/s1. The third kappa shape index (κ3) is 5.23. The highest BCUT2D eigenvalue weighted by Gasteiger charge is 2.63. The van der Waals surface area contributed by atoms with E-state index in [0.29, 0.717) is 15.0 Å². The Balaban J connectivity index is 1.49. The fraction of sp³-hybridized carbons (Fsp3) is 0.528. The van der Waals surface area contributed by atoms with Crippen LogP contribution in [0.3, 0.4) is 0 Å². The minimum absolute atomic E-state index is 0.0101. The van der Waals surface area contributed by atoms with Gasteiger partial charge in [0, 0.05) is 42.2 Å². The van der Waals surface area contributed by atoms with E-state index in [9.17, 15) is 4.79 Å². The van der Waals surface area contributed by atoms with Crippen LogP contribution in [-0.4, -0.2) is 81.6 Å². The number of likely N-dealkylation sites (tertiary alicyclic amines) is 2. The van der Waals surface area contributed by atoms with Crippen molar-refractivity contribution in [1.29, 1.82) is 0 Å². The number of allylic oxidation sites excluding steroid dienone is 1. The molecule has 0 N–H and O–H groups in total. The SMILES string of the molecule is CC[C@@H]1CCC(C)[N+]1(C(=O)C1=C(C(C)C)N2C(=N[C@@](C)(c3ccc(Cl)cc3)[C@H]2c2ccc(Cl)cc2)S1)C(=O)N(C)[C@H]1CCN(C)C1. The zero-order valence-corrected chi connectivity index (χ0v) is 30.3. The number of amides is 3. The summed E-state index contributed by atoms with van der Waals surface area (Å²) in [6.45, 7) is 12.4. The minimum Gasteiger partial charge on any atom is -0.313 e. The lowest BCUT2D eigenvalue weighted by atomic mass is 9.81. The molecule has 6 rings (SSSR count). The van der Waals surface area contributed by atoms with Crippen LogP contribution < -0.4 is 0 Å². The molecule has 0 radical (unpaired) electrons. The molecule has 10 heteroatoms. The first kappa shape index (κ1) is 33.5. The molecule has 0 aliphatic carbocycles. The number of fused-ring (bicyclic) bond motifs is 1. The number of amidine groups is 1. The minimum atomic E-state index is -0.654. The maximum atomic E-state index is 15.4. The number of rotatable bonds is 6. The highest BCUT2D eigenvalue weighted by molar-refractivity contribution is 8.18. The molecule has 4 aliphatic heterocycles. The van der Waals surface area contributed by atoms with Crippen LogP contribution in [0.4, 0.5) is 4.79 Å². The fourth-order valence-electron chi connectivity index (χ4n) is 8.37. The average molecular weight is 684 g/mol. The van der Waals surface area contributed by atoms with Gasteiger partial charge in [-0.25, -0.2) is 14.6 Å². The van der Waals surface area contributed by atoms with Crippen molar-refractivity contribution in [1.82, 2.24) is 14.7 Å². The summed E-state index contributed by atoms with van der Waals surface area (Å²) < 4.78 is -0.146. The first-order chi connectivity index (χ1) is 21.8. The van der Waals surface area contributed by atoms with Crippen molar-refractivity contribution in [2.45, 2.75) is 90.0 Å². The maximum absolute atomic E-state index is 15.4. The van der Waals surface area contributed by atoms with Crippen molar-refractivity contribution in [2.75, 3.05) is 27.2 Å². The second kappa shape index (κ2) is 12.6. The van der Waals surface area contributed by atoms with Crippen molar-refractivity contribution >= 4 is 52.1 Å². The number of urea groups is 1. The molecule has 0 spiro atoms. The molecule has 4 aliphatic rings. The molecule has 2 unspecified atom stereocenters. The number of hydrogen-bond donors (Lipinski definition) is 0. The Kier molecular flexibility index (Phi) is 9.18. The lowest BCUT2D eigenvalue weighted by molar-refractivity contribution is -0.812. The summed E-state index contributed by atoms with van der Waals surface area (Å²) in [6.07, 6.45) is 3.39. The van der Waals surface area contributed by atoms with Crippen LogP contribution in [0.5, 0.6) is 0 Å². The summed E-state index contributed by atoms with van der Waals surface area (Å²) in [5.74, 6) is -0.0650. The van der Waals surface area contributed by atoms with Gasteiger partial charge < -0.3 is 9.80 Å². The number of likely N-dealkylation sites (N-methyl/N-ethyl adjacent to an activating group) is 2. The molecule has 246 valence electrons. The molecule has 2 aromatic rings. The Hall–Kier alpha value is -2.36. The number of imide groups is 1. The molecule has 0 aromatic heterocycles. The quantitative estimate of drug-likeness (QED) is 0.287. The smallest absolute Gasteiger partial charge is 0.313 e. The van der Waals surface area contributed by atoms with Gasteiger partial charge in [0.25, 0.3) is 0 Å². The van der Waals surface area contributed by atoms with Crippen LogP contribution >= 0.6 is 35.0 Å². The first-order valence-electron chi connectivity index (χ1n) is 16.6. The number of hydrogen-bond acceptors (Lipinski definition) is 6. The summed E-state index contributed by atoms with van der Waals surface area (Å²) in [5, 5.41) is 2.13. The summed E-state index contributed by atoms with van der Waals surface area (Å²) in [6, 6.07) is 15.5. The maximum Gasteiger partial charge on any atom is 0.427 e. The van der Waals surface area contributed by atoms with E-state index in [4.69, 9.17) is 28.2 Å². The molecular weight excluding hydrogens is 637 g/mol. The van der Waals surface area contributed by atoms with Crippen molar-refractivity contribution in [2.24, 2.45) is 10.9 Å². The average Bonchev–Trinajstić information content (AvgIpc) is 3.78. The van der Waals surface area contributed by atoms with E-state index in [1.54, 1.807) is 0 Å².